The molecule has 0 saturated heterocycles. The summed E-state index contributed by atoms with van der Waals surface area (Å²) in [5.41, 5.74) is 2.14. The molecule has 5 nitrogen and oxygen atoms in total. The van der Waals surface area contributed by atoms with E-state index in [4.69, 9.17) is 0 Å². The van der Waals surface area contributed by atoms with Crippen LogP contribution in [0.25, 0.3) is 0 Å². The first-order valence-electron chi connectivity index (χ1n) is 12.4. The number of hydrogen-bond donors (Lipinski definition) is 2. The lowest BCUT2D eigenvalue weighted by atomic mass is 9.73. The number of hydrogen-bond acceptors (Lipinski definition) is 5. The molecule has 0 bridgehead atoms. The summed E-state index contributed by atoms with van der Waals surface area (Å²) in [7, 11) is 0. The van der Waals surface area contributed by atoms with Crippen LogP contribution >= 0.6 is 11.3 Å². The lowest BCUT2D eigenvalue weighted by Gasteiger charge is -2.38. The van der Waals surface area contributed by atoms with E-state index < -0.39 is 17.8 Å². The number of carbonyl (C=O) groups is 2. The average molecular weight is 540 g/mol. The number of nitrogens with one attached hydrogen (secondary N) is 2. The predicted octanol–water partition coefficient (Wildman–Crippen LogP) is 6.70. The summed E-state index contributed by atoms with van der Waals surface area (Å²) < 4.78 is 40.1. The van der Waals surface area contributed by atoms with Crippen molar-refractivity contribution in [1.82, 2.24) is 5.32 Å². The van der Waals surface area contributed by atoms with E-state index in [1.165, 1.54) is 23.5 Å². The Labute approximate surface area is 223 Å². The molecule has 0 saturated carbocycles. The number of para-hydroxylation sites is 2. The minimum atomic E-state index is -4.48. The van der Waals surface area contributed by atoms with Gasteiger partial charge >= 0.3 is 6.18 Å². The number of halogens is 3. The number of rotatable bonds is 5. The molecule has 0 fully saturated rings. The van der Waals surface area contributed by atoms with Gasteiger partial charge in [-0.15, -0.1) is 11.3 Å². The summed E-state index contributed by atoms with van der Waals surface area (Å²) in [5, 5.41) is 8.32. The molecule has 1 atom stereocenters. The Balaban J connectivity index is 1.61. The molecule has 1 aliphatic heterocycles. The van der Waals surface area contributed by atoms with Gasteiger partial charge in [0.1, 0.15) is 0 Å². The van der Waals surface area contributed by atoms with Crippen LogP contribution in [0.5, 0.6) is 0 Å². The molecular formula is C29H28F3N3O2S. The van der Waals surface area contributed by atoms with Gasteiger partial charge in [-0.05, 0) is 53.1 Å². The largest absolute Gasteiger partial charge is 0.416 e. The van der Waals surface area contributed by atoms with Crippen molar-refractivity contribution in [3.63, 3.8) is 0 Å². The Morgan fingerprint density at radius 3 is 2.50 bits per heavy atom. The van der Waals surface area contributed by atoms with E-state index in [2.05, 4.69) is 10.6 Å². The third-order valence-corrected chi connectivity index (χ3v) is 7.79. The number of thiophene rings is 1. The van der Waals surface area contributed by atoms with Crippen molar-refractivity contribution in [3.05, 3.63) is 93.3 Å². The summed E-state index contributed by atoms with van der Waals surface area (Å²) in [6.07, 6.45) is -3.58. The molecule has 1 aliphatic carbocycles. The van der Waals surface area contributed by atoms with Gasteiger partial charge in [0.25, 0.3) is 0 Å². The number of amides is 1. The lowest BCUT2D eigenvalue weighted by molar-refractivity contribution is -0.137. The van der Waals surface area contributed by atoms with Crippen LogP contribution in [0.4, 0.5) is 24.5 Å². The molecule has 1 aromatic heterocycles. The maximum absolute atomic E-state index is 13.7. The van der Waals surface area contributed by atoms with Gasteiger partial charge < -0.3 is 15.5 Å². The number of anilines is 2. The van der Waals surface area contributed by atoms with Crippen LogP contribution in [0.2, 0.25) is 0 Å². The highest BCUT2D eigenvalue weighted by molar-refractivity contribution is 7.09. The van der Waals surface area contributed by atoms with Gasteiger partial charge in [0.2, 0.25) is 5.91 Å². The van der Waals surface area contributed by atoms with E-state index in [-0.39, 0.29) is 23.7 Å². The van der Waals surface area contributed by atoms with Crippen molar-refractivity contribution in [2.24, 2.45) is 5.41 Å². The first-order valence-corrected chi connectivity index (χ1v) is 13.2. The van der Waals surface area contributed by atoms with E-state index in [0.717, 1.165) is 28.4 Å². The summed E-state index contributed by atoms with van der Waals surface area (Å²) in [6, 6.07) is 15.5. The highest BCUT2D eigenvalue weighted by Gasteiger charge is 2.42. The van der Waals surface area contributed by atoms with Crippen LogP contribution in [-0.4, -0.2) is 18.2 Å². The predicted molar refractivity (Wildman–Crippen MR) is 143 cm³/mol. The fourth-order valence-corrected chi connectivity index (χ4v) is 5.88. The van der Waals surface area contributed by atoms with Crippen molar-refractivity contribution in [1.29, 1.82) is 0 Å². The molecule has 3 aromatic rings. The number of nitrogens with zero attached hydrogens (tertiary/aromatic N) is 1. The van der Waals surface area contributed by atoms with Crippen LogP contribution in [0.1, 0.15) is 48.7 Å². The Bertz CT molecular complexity index is 1380. The summed E-state index contributed by atoms with van der Waals surface area (Å²) in [4.78, 5) is 29.7. The molecule has 2 aliphatic rings. The Morgan fingerprint density at radius 1 is 1.08 bits per heavy atom. The topological polar surface area (TPSA) is 61.4 Å². The molecule has 0 spiro atoms. The summed E-state index contributed by atoms with van der Waals surface area (Å²) >= 11 is 1.54. The number of benzene rings is 2. The lowest BCUT2D eigenvalue weighted by Crippen LogP contribution is -2.41. The van der Waals surface area contributed by atoms with E-state index in [1.807, 2.05) is 60.5 Å². The highest BCUT2D eigenvalue weighted by Crippen LogP contribution is 2.48. The molecule has 9 heteroatoms. The first-order chi connectivity index (χ1) is 18.0. The molecule has 2 heterocycles. The van der Waals surface area contributed by atoms with E-state index in [9.17, 15) is 22.8 Å². The number of Topliss-reactive ketones (excluding diaryl/α,β-unsaturated/α-hetero) is 1. The molecule has 5 rings (SSSR count). The molecule has 2 N–H and O–H groups in total. The van der Waals surface area contributed by atoms with Gasteiger partial charge in [-0.1, -0.05) is 44.2 Å². The quantitative estimate of drug-likeness (QED) is 0.379. The Morgan fingerprint density at radius 2 is 1.82 bits per heavy atom. The van der Waals surface area contributed by atoms with Crippen molar-refractivity contribution in [2.45, 2.75) is 45.5 Å². The van der Waals surface area contributed by atoms with Gasteiger partial charge in [0, 0.05) is 22.6 Å². The number of carbonyl (C=O) groups excluding carboxylic acids is 2. The molecule has 1 unspecified atom stereocenters. The molecule has 2 aromatic carbocycles. The number of allylic oxidation sites excluding steroid dienone is 1. The second-order valence-electron chi connectivity index (χ2n) is 10.5. The van der Waals surface area contributed by atoms with Crippen LogP contribution in [0.15, 0.2) is 77.3 Å². The van der Waals surface area contributed by atoms with Gasteiger partial charge in [-0.2, -0.15) is 13.2 Å². The maximum Gasteiger partial charge on any atom is 0.416 e. The number of ketones is 1. The summed E-state index contributed by atoms with van der Waals surface area (Å²) in [5.74, 6) is -0.330. The Hall–Kier alpha value is -3.59. The van der Waals surface area contributed by atoms with Gasteiger partial charge in [0.15, 0.2) is 5.78 Å². The minimum Gasteiger partial charge on any atom is -0.357 e. The van der Waals surface area contributed by atoms with Gasteiger partial charge in [0.05, 0.1) is 36.1 Å². The van der Waals surface area contributed by atoms with Crippen LogP contribution < -0.4 is 15.5 Å². The standard InChI is InChI=1S/C29H28F3N3O2S/c1-28(2)14-22-26(24(36)15-28)27(18-9-11-19(12-10-18)29(30,31)32)35(23-8-4-3-7-21(23)34-22)17-25(37)33-16-20-6-5-13-38-20/h3-13,27,34H,14-17H2,1-2H3,(H,33,37). The molecular weight excluding hydrogens is 511 g/mol. The molecule has 1 amide bonds. The second kappa shape index (κ2) is 9.94. The van der Waals surface area contributed by atoms with Gasteiger partial charge in [-0.3, -0.25) is 9.59 Å². The fourth-order valence-electron chi connectivity index (χ4n) is 5.24. The monoisotopic (exact) mass is 539 g/mol. The SMILES string of the molecule is CC1(C)CC(=O)C2=C(C1)Nc1ccccc1N(CC(=O)NCc1cccs1)C2c1ccc(C(F)(F)F)cc1. The average Bonchev–Trinajstić information content (AvgIpc) is 3.33. The highest BCUT2D eigenvalue weighted by atomic mass is 32.1. The van der Waals surface area contributed by atoms with Crippen molar-refractivity contribution in [2.75, 3.05) is 16.8 Å². The van der Waals surface area contributed by atoms with Crippen LogP contribution in [-0.2, 0) is 22.3 Å². The normalized spacial score (nSPS) is 18.8. The smallest absolute Gasteiger partial charge is 0.357 e. The number of alkyl halides is 3. The minimum absolute atomic E-state index is 0.0783. The van der Waals surface area contributed by atoms with E-state index in [0.29, 0.717) is 36.2 Å². The van der Waals surface area contributed by atoms with Crippen molar-refractivity contribution in [3.8, 4) is 0 Å². The van der Waals surface area contributed by atoms with Gasteiger partial charge in [-0.25, -0.2) is 0 Å². The second-order valence-corrected chi connectivity index (χ2v) is 11.5. The first kappa shape index (κ1) is 26.0. The zero-order valence-electron chi connectivity index (χ0n) is 21.1. The van der Waals surface area contributed by atoms with E-state index in [1.54, 1.807) is 0 Å². The molecule has 38 heavy (non-hydrogen) atoms. The third kappa shape index (κ3) is 5.34. The van der Waals surface area contributed by atoms with E-state index >= 15 is 0 Å². The number of fused-ring (bicyclic) bond motifs is 1. The molecule has 0 radical (unpaired) electrons. The van der Waals surface area contributed by atoms with Crippen molar-refractivity contribution < 1.29 is 22.8 Å². The van der Waals surface area contributed by atoms with Crippen molar-refractivity contribution >= 4 is 34.4 Å². The maximum atomic E-state index is 13.7. The zero-order chi connectivity index (χ0) is 27.1. The third-order valence-electron chi connectivity index (χ3n) is 6.91. The van der Waals surface area contributed by atoms with Crippen LogP contribution in [0, 0.1) is 5.41 Å². The van der Waals surface area contributed by atoms with Crippen LogP contribution in [0.3, 0.4) is 0 Å². The summed E-state index contributed by atoms with van der Waals surface area (Å²) in [6.45, 7) is 4.34. The molecule has 198 valence electrons. The fraction of sp³-hybridized carbons (Fsp3) is 0.310. The Kier molecular flexibility index (Phi) is 6.81. The zero-order valence-corrected chi connectivity index (χ0v) is 21.9.